The average molecular weight is 378 g/mol. The van der Waals surface area contributed by atoms with Crippen molar-refractivity contribution in [2.75, 3.05) is 31.1 Å². The smallest absolute Gasteiger partial charge is 0.243 e. The van der Waals surface area contributed by atoms with E-state index in [2.05, 4.69) is 14.9 Å². The Labute approximate surface area is 153 Å². The van der Waals surface area contributed by atoms with Crippen LogP contribution in [0.5, 0.6) is 0 Å². The summed E-state index contributed by atoms with van der Waals surface area (Å²) in [6.07, 6.45) is 0. The van der Waals surface area contributed by atoms with Gasteiger partial charge >= 0.3 is 0 Å². The first kappa shape index (κ1) is 18.7. The molecule has 0 amide bonds. The summed E-state index contributed by atoms with van der Waals surface area (Å²) in [4.78, 5) is 11.1. The topological polar surface area (TPSA) is 66.4 Å². The van der Waals surface area contributed by atoms with Gasteiger partial charge < -0.3 is 4.90 Å². The number of benzene rings is 1. The number of hydrogen-bond donors (Lipinski definition) is 0. The van der Waals surface area contributed by atoms with Crippen LogP contribution < -0.4 is 4.90 Å². The van der Waals surface area contributed by atoms with Gasteiger partial charge in [-0.25, -0.2) is 22.8 Å². The van der Waals surface area contributed by atoms with Crippen molar-refractivity contribution in [2.45, 2.75) is 31.6 Å². The molecule has 1 aliphatic rings. The third-order valence-corrected chi connectivity index (χ3v) is 6.27. The largest absolute Gasteiger partial charge is 0.354 e. The number of nitrogens with zero attached hydrogens (tertiary/aromatic N) is 4. The summed E-state index contributed by atoms with van der Waals surface area (Å²) in [6.45, 7) is 7.74. The van der Waals surface area contributed by atoms with Crippen LogP contribution in [0.25, 0.3) is 0 Å². The zero-order valence-electron chi connectivity index (χ0n) is 15.2. The standard InChI is InChI=1S/C18H23FN4O2S/c1-13(2)18-20-14(3)11-17(21-18)22-7-9-23(10-8-22)26(24,25)16-6-4-5-15(19)12-16/h4-6,11-13H,7-10H2,1-3H3. The fraction of sp³-hybridized carbons (Fsp3) is 0.444. The predicted octanol–water partition coefficient (Wildman–Crippen LogP) is 2.56. The van der Waals surface area contributed by atoms with Gasteiger partial charge in [0.05, 0.1) is 4.90 Å². The van der Waals surface area contributed by atoms with E-state index in [1.54, 1.807) is 0 Å². The molecule has 0 bridgehead atoms. The summed E-state index contributed by atoms with van der Waals surface area (Å²) in [5.41, 5.74) is 0.897. The SMILES string of the molecule is Cc1cc(N2CCN(S(=O)(=O)c3cccc(F)c3)CC2)nc(C(C)C)n1. The second-order valence-corrected chi connectivity index (χ2v) is 8.67. The van der Waals surface area contributed by atoms with Crippen molar-refractivity contribution in [1.29, 1.82) is 0 Å². The molecule has 1 saturated heterocycles. The molecule has 26 heavy (non-hydrogen) atoms. The number of hydrogen-bond acceptors (Lipinski definition) is 5. The van der Waals surface area contributed by atoms with Gasteiger partial charge in [-0.1, -0.05) is 19.9 Å². The fourth-order valence-electron chi connectivity index (χ4n) is 2.93. The lowest BCUT2D eigenvalue weighted by Crippen LogP contribution is -2.49. The first-order valence-corrected chi connectivity index (χ1v) is 10.1. The van der Waals surface area contributed by atoms with Gasteiger partial charge in [-0.3, -0.25) is 0 Å². The Morgan fingerprint density at radius 2 is 1.77 bits per heavy atom. The van der Waals surface area contributed by atoms with Gasteiger partial charge in [0.25, 0.3) is 0 Å². The van der Waals surface area contributed by atoms with E-state index in [9.17, 15) is 12.8 Å². The van der Waals surface area contributed by atoms with Crippen LogP contribution in [0.4, 0.5) is 10.2 Å². The van der Waals surface area contributed by atoms with Crippen LogP contribution in [0.3, 0.4) is 0 Å². The van der Waals surface area contributed by atoms with Crippen molar-refractivity contribution in [2.24, 2.45) is 0 Å². The maximum absolute atomic E-state index is 13.4. The Morgan fingerprint density at radius 3 is 2.38 bits per heavy atom. The maximum atomic E-state index is 13.4. The summed E-state index contributed by atoms with van der Waals surface area (Å²) in [5.74, 6) is 1.28. The lowest BCUT2D eigenvalue weighted by molar-refractivity contribution is 0.383. The highest BCUT2D eigenvalue weighted by Gasteiger charge is 2.29. The molecule has 3 rings (SSSR count). The number of rotatable bonds is 4. The molecule has 0 atom stereocenters. The van der Waals surface area contributed by atoms with Gasteiger partial charge in [0, 0.05) is 43.9 Å². The van der Waals surface area contributed by atoms with E-state index in [0.717, 1.165) is 23.4 Å². The third-order valence-electron chi connectivity index (χ3n) is 4.37. The molecule has 6 nitrogen and oxygen atoms in total. The normalized spacial score (nSPS) is 16.3. The molecule has 0 spiro atoms. The van der Waals surface area contributed by atoms with Gasteiger partial charge in [-0.15, -0.1) is 0 Å². The van der Waals surface area contributed by atoms with Gasteiger partial charge in [0.15, 0.2) is 0 Å². The number of piperazine rings is 1. The van der Waals surface area contributed by atoms with Gasteiger partial charge in [-0.05, 0) is 25.1 Å². The van der Waals surface area contributed by atoms with Crippen molar-refractivity contribution in [3.8, 4) is 0 Å². The lowest BCUT2D eigenvalue weighted by Gasteiger charge is -2.35. The highest BCUT2D eigenvalue weighted by molar-refractivity contribution is 7.89. The first-order valence-electron chi connectivity index (χ1n) is 8.63. The molecule has 1 aromatic carbocycles. The molecule has 2 heterocycles. The van der Waals surface area contributed by atoms with E-state index in [4.69, 9.17) is 0 Å². The van der Waals surface area contributed by atoms with E-state index in [-0.39, 0.29) is 10.8 Å². The summed E-state index contributed by atoms with van der Waals surface area (Å²) in [7, 11) is -3.69. The zero-order chi connectivity index (χ0) is 18.9. The maximum Gasteiger partial charge on any atom is 0.243 e. The van der Waals surface area contributed by atoms with Gasteiger partial charge in [-0.2, -0.15) is 4.31 Å². The van der Waals surface area contributed by atoms with E-state index < -0.39 is 15.8 Å². The predicted molar refractivity (Wildman–Crippen MR) is 98.2 cm³/mol. The quantitative estimate of drug-likeness (QED) is 0.818. The van der Waals surface area contributed by atoms with Crippen molar-refractivity contribution in [3.05, 3.63) is 47.7 Å². The average Bonchev–Trinajstić information content (AvgIpc) is 2.61. The number of aryl methyl sites for hydroxylation is 1. The second-order valence-electron chi connectivity index (χ2n) is 6.73. The number of anilines is 1. The van der Waals surface area contributed by atoms with E-state index in [1.165, 1.54) is 22.5 Å². The Balaban J connectivity index is 1.75. The minimum Gasteiger partial charge on any atom is -0.354 e. The summed E-state index contributed by atoms with van der Waals surface area (Å²) in [6, 6.07) is 7.05. The van der Waals surface area contributed by atoms with Crippen LogP contribution in [0.2, 0.25) is 0 Å². The van der Waals surface area contributed by atoms with Crippen molar-refractivity contribution < 1.29 is 12.8 Å². The first-order chi connectivity index (χ1) is 12.3. The lowest BCUT2D eigenvalue weighted by atomic mass is 10.2. The van der Waals surface area contributed by atoms with Crippen LogP contribution in [0.1, 0.15) is 31.3 Å². The molecule has 2 aromatic rings. The van der Waals surface area contributed by atoms with Crippen LogP contribution in [-0.2, 0) is 10.0 Å². The molecule has 0 unspecified atom stereocenters. The molecule has 1 aromatic heterocycles. The van der Waals surface area contributed by atoms with Crippen molar-refractivity contribution in [3.63, 3.8) is 0 Å². The minimum atomic E-state index is -3.69. The van der Waals surface area contributed by atoms with Crippen molar-refractivity contribution in [1.82, 2.24) is 14.3 Å². The molecule has 140 valence electrons. The monoisotopic (exact) mass is 378 g/mol. The molecular weight excluding hydrogens is 355 g/mol. The van der Waals surface area contributed by atoms with E-state index in [1.807, 2.05) is 26.8 Å². The molecule has 8 heteroatoms. The number of sulfonamides is 1. The fourth-order valence-corrected chi connectivity index (χ4v) is 4.38. The third kappa shape index (κ3) is 3.86. The highest BCUT2D eigenvalue weighted by atomic mass is 32.2. The molecule has 0 saturated carbocycles. The molecule has 1 fully saturated rings. The molecule has 0 radical (unpaired) electrons. The van der Waals surface area contributed by atoms with Crippen LogP contribution in [0, 0.1) is 12.7 Å². The van der Waals surface area contributed by atoms with Crippen LogP contribution in [0.15, 0.2) is 35.2 Å². The molecule has 1 aliphatic heterocycles. The summed E-state index contributed by atoms with van der Waals surface area (Å²) in [5, 5.41) is 0. The van der Waals surface area contributed by atoms with E-state index >= 15 is 0 Å². The zero-order valence-corrected chi connectivity index (χ0v) is 16.0. The Kier molecular flexibility index (Phi) is 5.24. The summed E-state index contributed by atoms with van der Waals surface area (Å²) < 4.78 is 40.2. The molecule has 0 N–H and O–H groups in total. The highest BCUT2D eigenvalue weighted by Crippen LogP contribution is 2.22. The van der Waals surface area contributed by atoms with Gasteiger partial charge in [0.1, 0.15) is 17.5 Å². The number of aromatic nitrogens is 2. The van der Waals surface area contributed by atoms with Crippen LogP contribution in [-0.4, -0.2) is 48.9 Å². The second kappa shape index (κ2) is 7.28. The van der Waals surface area contributed by atoms with Crippen molar-refractivity contribution >= 4 is 15.8 Å². The minimum absolute atomic E-state index is 0.00840. The summed E-state index contributed by atoms with van der Waals surface area (Å²) >= 11 is 0. The van der Waals surface area contributed by atoms with E-state index in [0.29, 0.717) is 26.2 Å². The molecular formula is C18H23FN4O2S. The Hall–Kier alpha value is -2.06. The van der Waals surface area contributed by atoms with Crippen LogP contribution >= 0.6 is 0 Å². The van der Waals surface area contributed by atoms with Gasteiger partial charge in [0.2, 0.25) is 10.0 Å². The molecule has 0 aliphatic carbocycles. The Bertz CT molecular complexity index is 894. The Morgan fingerprint density at radius 1 is 1.08 bits per heavy atom. The number of halogens is 1.